The molecule has 0 heterocycles. The van der Waals surface area contributed by atoms with Crippen molar-refractivity contribution in [2.75, 3.05) is 23.7 Å². The molecule has 104 valence electrons. The van der Waals surface area contributed by atoms with Gasteiger partial charge in [-0.05, 0) is 24.3 Å². The van der Waals surface area contributed by atoms with Gasteiger partial charge in [-0.2, -0.15) is 0 Å². The van der Waals surface area contributed by atoms with Crippen molar-refractivity contribution in [3.8, 4) is 0 Å². The highest BCUT2D eigenvalue weighted by molar-refractivity contribution is 5.79. The SMILES string of the molecule is O=C(CCNc1ccccc1)CCNc1ccccc1. The molecule has 2 N–H and O–H groups in total. The first-order chi connectivity index (χ1) is 9.84. The van der Waals surface area contributed by atoms with Gasteiger partial charge in [0.25, 0.3) is 0 Å². The van der Waals surface area contributed by atoms with Gasteiger partial charge in [0.2, 0.25) is 0 Å². The largest absolute Gasteiger partial charge is 0.385 e. The van der Waals surface area contributed by atoms with Gasteiger partial charge in [0.1, 0.15) is 5.78 Å². The minimum atomic E-state index is 0.275. The van der Waals surface area contributed by atoms with Crippen LogP contribution in [-0.4, -0.2) is 18.9 Å². The predicted octanol–water partition coefficient (Wildman–Crippen LogP) is 3.56. The number of carbonyl (C=O) groups is 1. The molecular weight excluding hydrogens is 248 g/mol. The summed E-state index contributed by atoms with van der Waals surface area (Å²) >= 11 is 0. The lowest BCUT2D eigenvalue weighted by Crippen LogP contribution is -2.12. The molecule has 0 aliphatic rings. The fourth-order valence-corrected chi connectivity index (χ4v) is 1.93. The minimum absolute atomic E-state index is 0.275. The highest BCUT2D eigenvalue weighted by Gasteiger charge is 2.01. The van der Waals surface area contributed by atoms with Crippen LogP contribution in [0.4, 0.5) is 11.4 Å². The van der Waals surface area contributed by atoms with Crippen LogP contribution in [-0.2, 0) is 4.79 Å². The van der Waals surface area contributed by atoms with Crippen molar-refractivity contribution in [1.29, 1.82) is 0 Å². The first kappa shape index (κ1) is 14.1. The molecule has 0 aliphatic carbocycles. The highest BCUT2D eigenvalue weighted by Crippen LogP contribution is 2.06. The third-order valence-corrected chi connectivity index (χ3v) is 3.01. The molecule has 0 amide bonds. The number of Topliss-reactive ketones (excluding diaryl/α,β-unsaturated/α-hetero) is 1. The Bertz CT molecular complexity index is 464. The van der Waals surface area contributed by atoms with E-state index >= 15 is 0 Å². The summed E-state index contributed by atoms with van der Waals surface area (Å²) in [5.41, 5.74) is 2.12. The van der Waals surface area contributed by atoms with Crippen LogP contribution in [0.2, 0.25) is 0 Å². The number of nitrogens with one attached hydrogen (secondary N) is 2. The van der Waals surface area contributed by atoms with Crippen LogP contribution < -0.4 is 10.6 Å². The Morgan fingerprint density at radius 1 is 0.700 bits per heavy atom. The molecule has 2 aromatic carbocycles. The third kappa shape index (κ3) is 5.14. The smallest absolute Gasteiger partial charge is 0.136 e. The van der Waals surface area contributed by atoms with Crippen LogP contribution in [0.1, 0.15) is 12.8 Å². The molecule has 0 aromatic heterocycles. The zero-order chi connectivity index (χ0) is 14.0. The summed E-state index contributed by atoms with van der Waals surface area (Å²) < 4.78 is 0. The molecular formula is C17H20N2O. The Kier molecular flexibility index (Phi) is 5.65. The van der Waals surface area contributed by atoms with Gasteiger partial charge >= 0.3 is 0 Å². The number of anilines is 2. The minimum Gasteiger partial charge on any atom is -0.385 e. The molecule has 2 rings (SSSR count). The van der Waals surface area contributed by atoms with Crippen molar-refractivity contribution in [1.82, 2.24) is 0 Å². The summed E-state index contributed by atoms with van der Waals surface area (Å²) in [5.74, 6) is 0.275. The zero-order valence-electron chi connectivity index (χ0n) is 11.5. The third-order valence-electron chi connectivity index (χ3n) is 3.01. The van der Waals surface area contributed by atoms with Crippen molar-refractivity contribution < 1.29 is 4.79 Å². The van der Waals surface area contributed by atoms with Gasteiger partial charge in [-0.1, -0.05) is 36.4 Å². The normalized spacial score (nSPS) is 10.0. The van der Waals surface area contributed by atoms with E-state index in [9.17, 15) is 4.79 Å². The first-order valence-electron chi connectivity index (χ1n) is 6.94. The molecule has 0 aliphatic heterocycles. The fraction of sp³-hybridized carbons (Fsp3) is 0.235. The molecule has 3 nitrogen and oxygen atoms in total. The van der Waals surface area contributed by atoms with Crippen molar-refractivity contribution >= 4 is 17.2 Å². The second-order valence-corrected chi connectivity index (χ2v) is 4.62. The van der Waals surface area contributed by atoms with E-state index in [0.29, 0.717) is 25.9 Å². The lowest BCUT2D eigenvalue weighted by Gasteiger charge is -2.07. The summed E-state index contributed by atoms with van der Waals surface area (Å²) in [4.78, 5) is 11.7. The van der Waals surface area contributed by atoms with Gasteiger partial charge in [-0.25, -0.2) is 0 Å². The van der Waals surface area contributed by atoms with Crippen LogP contribution in [0.5, 0.6) is 0 Å². The monoisotopic (exact) mass is 268 g/mol. The summed E-state index contributed by atoms with van der Waals surface area (Å²) in [6.07, 6.45) is 1.12. The molecule has 20 heavy (non-hydrogen) atoms. The molecule has 0 fully saturated rings. The van der Waals surface area contributed by atoms with Crippen molar-refractivity contribution in [2.45, 2.75) is 12.8 Å². The van der Waals surface area contributed by atoms with E-state index in [0.717, 1.165) is 11.4 Å². The van der Waals surface area contributed by atoms with Gasteiger partial charge in [0.15, 0.2) is 0 Å². The average Bonchev–Trinajstić information content (AvgIpc) is 2.49. The van der Waals surface area contributed by atoms with E-state index in [1.165, 1.54) is 0 Å². The number of hydrogen-bond donors (Lipinski definition) is 2. The molecule has 0 radical (unpaired) electrons. The van der Waals surface area contributed by atoms with E-state index in [4.69, 9.17) is 0 Å². The van der Waals surface area contributed by atoms with E-state index in [2.05, 4.69) is 10.6 Å². The van der Waals surface area contributed by atoms with Gasteiger partial charge in [-0.3, -0.25) is 4.79 Å². The molecule has 3 heteroatoms. The second-order valence-electron chi connectivity index (χ2n) is 4.62. The molecule has 0 spiro atoms. The van der Waals surface area contributed by atoms with Crippen LogP contribution in [0, 0.1) is 0 Å². The topological polar surface area (TPSA) is 41.1 Å². The number of hydrogen-bond acceptors (Lipinski definition) is 3. The Morgan fingerprint density at radius 2 is 1.10 bits per heavy atom. The average molecular weight is 268 g/mol. The van der Waals surface area contributed by atoms with E-state index in [1.54, 1.807) is 0 Å². The van der Waals surface area contributed by atoms with Gasteiger partial charge < -0.3 is 10.6 Å². The van der Waals surface area contributed by atoms with Crippen molar-refractivity contribution in [3.63, 3.8) is 0 Å². The Labute approximate surface area is 120 Å². The number of benzene rings is 2. The van der Waals surface area contributed by atoms with Crippen LogP contribution >= 0.6 is 0 Å². The predicted molar refractivity (Wildman–Crippen MR) is 84.1 cm³/mol. The standard InChI is InChI=1S/C17H20N2O/c20-17(11-13-18-15-7-3-1-4-8-15)12-14-19-16-9-5-2-6-10-16/h1-10,18-19H,11-14H2. The molecule has 2 aromatic rings. The van der Waals surface area contributed by atoms with Gasteiger partial charge in [0.05, 0.1) is 0 Å². The quantitative estimate of drug-likeness (QED) is 0.769. The lowest BCUT2D eigenvalue weighted by molar-refractivity contribution is -0.118. The maximum absolute atomic E-state index is 11.7. The van der Waals surface area contributed by atoms with Crippen molar-refractivity contribution in [3.05, 3.63) is 60.7 Å². The van der Waals surface area contributed by atoms with Crippen molar-refractivity contribution in [2.24, 2.45) is 0 Å². The zero-order valence-corrected chi connectivity index (χ0v) is 11.5. The van der Waals surface area contributed by atoms with Gasteiger partial charge in [0, 0.05) is 37.3 Å². The van der Waals surface area contributed by atoms with E-state index < -0.39 is 0 Å². The summed E-state index contributed by atoms with van der Waals surface area (Å²) in [5, 5.41) is 6.48. The molecule has 0 bridgehead atoms. The highest BCUT2D eigenvalue weighted by atomic mass is 16.1. The summed E-state index contributed by atoms with van der Waals surface area (Å²) in [6.45, 7) is 1.38. The first-order valence-corrected chi connectivity index (χ1v) is 6.94. The maximum Gasteiger partial charge on any atom is 0.136 e. The molecule has 0 unspecified atom stereocenters. The van der Waals surface area contributed by atoms with Crippen LogP contribution in [0.15, 0.2) is 60.7 Å². The van der Waals surface area contributed by atoms with E-state index in [-0.39, 0.29) is 5.78 Å². The Morgan fingerprint density at radius 3 is 1.50 bits per heavy atom. The number of rotatable bonds is 8. The molecule has 0 saturated heterocycles. The summed E-state index contributed by atoms with van der Waals surface area (Å²) in [7, 11) is 0. The lowest BCUT2D eigenvalue weighted by atomic mass is 10.2. The van der Waals surface area contributed by atoms with E-state index in [1.807, 2.05) is 60.7 Å². The number of carbonyl (C=O) groups excluding carboxylic acids is 1. The Hall–Kier alpha value is -2.29. The second kappa shape index (κ2) is 8.00. The van der Waals surface area contributed by atoms with Crippen LogP contribution in [0.3, 0.4) is 0 Å². The number of ketones is 1. The summed E-state index contributed by atoms with van der Waals surface area (Å²) in [6, 6.07) is 19.9. The van der Waals surface area contributed by atoms with Crippen LogP contribution in [0.25, 0.3) is 0 Å². The molecule has 0 atom stereocenters. The fourth-order valence-electron chi connectivity index (χ4n) is 1.93. The van der Waals surface area contributed by atoms with Gasteiger partial charge in [-0.15, -0.1) is 0 Å². The maximum atomic E-state index is 11.7. The molecule has 0 saturated carbocycles. The number of para-hydroxylation sites is 2. The Balaban J connectivity index is 1.59.